The Balaban J connectivity index is 1.77. The summed E-state index contributed by atoms with van der Waals surface area (Å²) in [6.07, 6.45) is 1.42. The smallest absolute Gasteiger partial charge is 0.266 e. The van der Waals surface area contributed by atoms with E-state index in [0.717, 1.165) is 24.9 Å². The van der Waals surface area contributed by atoms with Crippen molar-refractivity contribution in [1.29, 1.82) is 0 Å². The Morgan fingerprint density at radius 3 is 2.46 bits per heavy atom. The van der Waals surface area contributed by atoms with Gasteiger partial charge in [-0.25, -0.2) is 0 Å². The van der Waals surface area contributed by atoms with Crippen LogP contribution in [0.4, 0.5) is 0 Å². The number of rotatable bonds is 5. The van der Waals surface area contributed by atoms with Gasteiger partial charge in [0.1, 0.15) is 5.75 Å². The molecule has 1 saturated heterocycles. The third-order valence-electron chi connectivity index (χ3n) is 4.43. The van der Waals surface area contributed by atoms with Gasteiger partial charge >= 0.3 is 0 Å². The van der Waals surface area contributed by atoms with Crippen LogP contribution in [0.2, 0.25) is 0 Å². The second kappa shape index (κ2) is 7.97. The van der Waals surface area contributed by atoms with Crippen molar-refractivity contribution in [2.45, 2.75) is 38.0 Å². The third kappa shape index (κ3) is 4.15. The van der Waals surface area contributed by atoms with Crippen LogP contribution < -0.4 is 15.4 Å². The Kier molecular flexibility index (Phi) is 5.49. The quantitative estimate of drug-likeness (QED) is 0.889. The van der Waals surface area contributed by atoms with E-state index in [-0.39, 0.29) is 18.0 Å². The molecule has 126 valence electrons. The predicted octanol–water partition coefficient (Wildman–Crippen LogP) is 3.06. The molecule has 0 aliphatic carbocycles. The van der Waals surface area contributed by atoms with Gasteiger partial charge in [-0.1, -0.05) is 48.5 Å². The summed E-state index contributed by atoms with van der Waals surface area (Å²) in [6.45, 7) is 3.12. The van der Waals surface area contributed by atoms with Gasteiger partial charge in [-0.05, 0) is 38.4 Å². The number of carbonyl (C=O) groups is 1. The number of nitrogens with one attached hydrogen (secondary N) is 2. The van der Waals surface area contributed by atoms with Gasteiger partial charge in [0.15, 0.2) is 0 Å². The van der Waals surface area contributed by atoms with Crippen LogP contribution >= 0.6 is 0 Å². The van der Waals surface area contributed by atoms with Crippen molar-refractivity contribution < 1.29 is 9.53 Å². The molecule has 24 heavy (non-hydrogen) atoms. The molecule has 1 aliphatic heterocycles. The van der Waals surface area contributed by atoms with E-state index in [2.05, 4.69) is 17.6 Å². The molecule has 1 amide bonds. The van der Waals surface area contributed by atoms with Gasteiger partial charge in [-0.3, -0.25) is 4.79 Å². The first-order chi connectivity index (χ1) is 11.7. The highest BCUT2D eigenvalue weighted by Gasteiger charge is 2.28. The van der Waals surface area contributed by atoms with E-state index in [0.29, 0.717) is 5.75 Å². The Hall–Kier alpha value is -2.33. The second-order valence-electron chi connectivity index (χ2n) is 6.22. The molecule has 3 rings (SSSR count). The molecule has 2 N–H and O–H groups in total. The zero-order valence-electron chi connectivity index (χ0n) is 13.9. The number of hydrogen-bond acceptors (Lipinski definition) is 3. The lowest BCUT2D eigenvalue weighted by molar-refractivity contribution is -0.129. The van der Waals surface area contributed by atoms with Crippen LogP contribution in [0.25, 0.3) is 0 Å². The molecule has 4 nitrogen and oxygen atoms in total. The number of hydrogen-bond donors (Lipinski definition) is 2. The maximum atomic E-state index is 12.9. The normalized spacial score (nSPS) is 21.7. The van der Waals surface area contributed by atoms with E-state index in [1.165, 1.54) is 0 Å². The van der Waals surface area contributed by atoms with Crippen LogP contribution in [0.5, 0.6) is 5.75 Å². The average Bonchev–Trinajstić information content (AvgIpc) is 2.63. The molecule has 2 aromatic carbocycles. The molecule has 1 fully saturated rings. The molecular formula is C20H24N2O2. The maximum Gasteiger partial charge on any atom is 0.266 e. The molecule has 1 aliphatic rings. The Morgan fingerprint density at radius 2 is 1.79 bits per heavy atom. The van der Waals surface area contributed by atoms with Gasteiger partial charge in [-0.15, -0.1) is 0 Å². The molecule has 3 atom stereocenters. The van der Waals surface area contributed by atoms with Crippen molar-refractivity contribution in [3.63, 3.8) is 0 Å². The fourth-order valence-corrected chi connectivity index (χ4v) is 3.04. The van der Waals surface area contributed by atoms with Gasteiger partial charge in [0, 0.05) is 17.6 Å². The predicted molar refractivity (Wildman–Crippen MR) is 94.9 cm³/mol. The molecule has 0 radical (unpaired) electrons. The van der Waals surface area contributed by atoms with Crippen LogP contribution in [0.1, 0.15) is 31.4 Å². The first-order valence-corrected chi connectivity index (χ1v) is 8.54. The number of benzene rings is 2. The standard InChI is InChI=1S/C20H24N2O2/c1-15-18(13-8-14-21-15)22-20(23)19(16-9-4-2-5-10-16)24-17-11-6-3-7-12-17/h2-7,9-12,15,18-19,21H,8,13-14H2,1H3,(H,22,23). The maximum absolute atomic E-state index is 12.9. The molecule has 4 heteroatoms. The van der Waals surface area contributed by atoms with Gasteiger partial charge < -0.3 is 15.4 Å². The third-order valence-corrected chi connectivity index (χ3v) is 4.43. The molecule has 0 spiro atoms. The Bertz CT molecular complexity index is 645. The number of ether oxygens (including phenoxy) is 1. The van der Waals surface area contributed by atoms with Crippen molar-refractivity contribution in [3.8, 4) is 5.75 Å². The fourth-order valence-electron chi connectivity index (χ4n) is 3.04. The lowest BCUT2D eigenvalue weighted by Gasteiger charge is -2.32. The first-order valence-electron chi connectivity index (χ1n) is 8.54. The number of para-hydroxylation sites is 1. The topological polar surface area (TPSA) is 50.4 Å². The molecule has 2 aromatic rings. The van der Waals surface area contributed by atoms with E-state index < -0.39 is 6.10 Å². The van der Waals surface area contributed by atoms with Crippen molar-refractivity contribution in [2.75, 3.05) is 6.54 Å². The summed E-state index contributed by atoms with van der Waals surface area (Å²) in [7, 11) is 0. The minimum absolute atomic E-state index is 0.0920. The monoisotopic (exact) mass is 324 g/mol. The molecule has 0 saturated carbocycles. The fraction of sp³-hybridized carbons (Fsp3) is 0.350. The lowest BCUT2D eigenvalue weighted by Crippen LogP contribution is -2.53. The van der Waals surface area contributed by atoms with Gasteiger partial charge in [0.2, 0.25) is 6.10 Å². The lowest BCUT2D eigenvalue weighted by atomic mass is 9.99. The zero-order chi connectivity index (χ0) is 16.8. The summed E-state index contributed by atoms with van der Waals surface area (Å²) in [5.41, 5.74) is 0.857. The van der Waals surface area contributed by atoms with Crippen LogP contribution in [-0.4, -0.2) is 24.5 Å². The molecule has 1 heterocycles. The largest absolute Gasteiger partial charge is 0.476 e. The van der Waals surface area contributed by atoms with Gasteiger partial charge in [0.05, 0.1) is 0 Å². The SMILES string of the molecule is CC1NCCCC1NC(=O)C(Oc1ccccc1)c1ccccc1. The highest BCUT2D eigenvalue weighted by atomic mass is 16.5. The summed E-state index contributed by atoms with van der Waals surface area (Å²) in [4.78, 5) is 12.9. The van der Waals surface area contributed by atoms with Gasteiger partial charge in [-0.2, -0.15) is 0 Å². The number of carbonyl (C=O) groups excluding carboxylic acids is 1. The Labute approximate surface area is 143 Å². The van der Waals surface area contributed by atoms with E-state index in [1.54, 1.807) is 0 Å². The van der Waals surface area contributed by atoms with Crippen LogP contribution in [0.15, 0.2) is 60.7 Å². The molecule has 3 unspecified atom stereocenters. The van der Waals surface area contributed by atoms with Crippen molar-refractivity contribution in [3.05, 3.63) is 66.2 Å². The van der Waals surface area contributed by atoms with E-state index >= 15 is 0 Å². The summed E-state index contributed by atoms with van der Waals surface area (Å²) < 4.78 is 6.01. The molecule has 0 bridgehead atoms. The van der Waals surface area contributed by atoms with Crippen molar-refractivity contribution in [1.82, 2.24) is 10.6 Å². The first kappa shape index (κ1) is 16.5. The number of amides is 1. The summed E-state index contributed by atoms with van der Waals surface area (Å²) >= 11 is 0. The summed E-state index contributed by atoms with van der Waals surface area (Å²) in [5, 5.41) is 6.57. The second-order valence-corrected chi connectivity index (χ2v) is 6.22. The van der Waals surface area contributed by atoms with Gasteiger partial charge in [0.25, 0.3) is 5.91 Å². The Morgan fingerprint density at radius 1 is 1.12 bits per heavy atom. The van der Waals surface area contributed by atoms with Crippen LogP contribution in [-0.2, 0) is 4.79 Å². The summed E-state index contributed by atoms with van der Waals surface area (Å²) in [6, 6.07) is 19.5. The highest BCUT2D eigenvalue weighted by molar-refractivity contribution is 5.83. The minimum Gasteiger partial charge on any atom is -0.476 e. The molecular weight excluding hydrogens is 300 g/mol. The van der Waals surface area contributed by atoms with Crippen molar-refractivity contribution in [2.24, 2.45) is 0 Å². The summed E-state index contributed by atoms with van der Waals surface area (Å²) in [5.74, 6) is 0.599. The van der Waals surface area contributed by atoms with Crippen molar-refractivity contribution >= 4 is 5.91 Å². The molecule has 0 aromatic heterocycles. The van der Waals surface area contributed by atoms with Crippen LogP contribution in [0.3, 0.4) is 0 Å². The zero-order valence-corrected chi connectivity index (χ0v) is 13.9. The number of piperidine rings is 1. The van der Waals surface area contributed by atoms with E-state index in [9.17, 15) is 4.79 Å². The highest BCUT2D eigenvalue weighted by Crippen LogP contribution is 2.23. The average molecular weight is 324 g/mol. The minimum atomic E-state index is -0.650. The van der Waals surface area contributed by atoms with E-state index in [1.807, 2.05) is 60.7 Å². The van der Waals surface area contributed by atoms with E-state index in [4.69, 9.17) is 4.74 Å². The van der Waals surface area contributed by atoms with Crippen LogP contribution in [0, 0.1) is 0 Å².